The molecule has 1 aromatic carbocycles. The van der Waals surface area contributed by atoms with Crippen molar-refractivity contribution < 1.29 is 4.39 Å². The molecule has 0 radical (unpaired) electrons. The molecule has 1 atom stereocenters. The first kappa shape index (κ1) is 13.1. The summed E-state index contributed by atoms with van der Waals surface area (Å²) in [5.41, 5.74) is 0.914. The molecule has 0 N–H and O–H groups in total. The summed E-state index contributed by atoms with van der Waals surface area (Å²) in [7, 11) is 2.02. The third-order valence-electron chi connectivity index (χ3n) is 3.37. The van der Waals surface area contributed by atoms with Crippen LogP contribution in [0.15, 0.2) is 18.2 Å². The van der Waals surface area contributed by atoms with Gasteiger partial charge in [0.15, 0.2) is 0 Å². The van der Waals surface area contributed by atoms with E-state index in [1.54, 1.807) is 12.1 Å². The minimum absolute atomic E-state index is 0.142. The predicted molar refractivity (Wildman–Crippen MR) is 70.3 cm³/mol. The van der Waals surface area contributed by atoms with Crippen molar-refractivity contribution in [3.63, 3.8) is 0 Å². The first-order valence-corrected chi connectivity index (χ1v) is 6.27. The quantitative estimate of drug-likeness (QED) is 0.825. The Labute approximate surface area is 111 Å². The number of nitrogens with zero attached hydrogens (tertiary/aromatic N) is 3. The largest absolute Gasteiger partial charge is 0.369 e. The van der Waals surface area contributed by atoms with E-state index in [-0.39, 0.29) is 11.1 Å². The molecule has 0 bridgehead atoms. The minimum atomic E-state index is -0.400. The second kappa shape index (κ2) is 5.55. The molecule has 1 aliphatic heterocycles. The molecule has 0 saturated carbocycles. The molecule has 1 aromatic rings. The molecule has 0 aromatic heterocycles. The molecule has 1 aliphatic rings. The molecule has 2 rings (SSSR count). The van der Waals surface area contributed by atoms with Crippen LogP contribution in [0.5, 0.6) is 0 Å². The zero-order valence-electron chi connectivity index (χ0n) is 10.2. The van der Waals surface area contributed by atoms with E-state index in [4.69, 9.17) is 16.9 Å². The Morgan fingerprint density at radius 2 is 2.28 bits per heavy atom. The van der Waals surface area contributed by atoms with Gasteiger partial charge in [-0.15, -0.1) is 0 Å². The SMILES string of the molecule is CN1CCN(c2ccc(F)c(Cl)c2)CC1CC#N. The van der Waals surface area contributed by atoms with Gasteiger partial charge in [-0.3, -0.25) is 4.90 Å². The van der Waals surface area contributed by atoms with Crippen LogP contribution in [0.25, 0.3) is 0 Å². The summed E-state index contributed by atoms with van der Waals surface area (Å²) < 4.78 is 13.1. The zero-order valence-corrected chi connectivity index (χ0v) is 11.0. The van der Waals surface area contributed by atoms with Gasteiger partial charge in [-0.1, -0.05) is 11.6 Å². The summed E-state index contributed by atoms with van der Waals surface area (Å²) in [6.07, 6.45) is 0.502. The van der Waals surface area contributed by atoms with Crippen molar-refractivity contribution in [1.29, 1.82) is 5.26 Å². The van der Waals surface area contributed by atoms with E-state index < -0.39 is 5.82 Å². The Morgan fingerprint density at radius 3 is 2.94 bits per heavy atom. The molecule has 5 heteroatoms. The topological polar surface area (TPSA) is 30.3 Å². The third-order valence-corrected chi connectivity index (χ3v) is 3.66. The molecule has 1 saturated heterocycles. The lowest BCUT2D eigenvalue weighted by molar-refractivity contribution is 0.221. The smallest absolute Gasteiger partial charge is 0.141 e. The highest BCUT2D eigenvalue weighted by Crippen LogP contribution is 2.25. The maximum atomic E-state index is 13.1. The molecule has 0 spiro atoms. The number of likely N-dealkylation sites (N-methyl/N-ethyl adjacent to an activating group) is 1. The summed E-state index contributed by atoms with van der Waals surface area (Å²) in [6, 6.07) is 7.18. The highest BCUT2D eigenvalue weighted by Gasteiger charge is 2.24. The third kappa shape index (κ3) is 2.74. The summed E-state index contributed by atoms with van der Waals surface area (Å²) in [5, 5.41) is 8.95. The Bertz CT molecular complexity index is 472. The molecule has 0 amide bonds. The van der Waals surface area contributed by atoms with Gasteiger partial charge in [0.05, 0.1) is 17.5 Å². The van der Waals surface area contributed by atoms with Gasteiger partial charge in [-0.2, -0.15) is 5.26 Å². The number of hydrogen-bond acceptors (Lipinski definition) is 3. The second-order valence-electron chi connectivity index (χ2n) is 4.54. The van der Waals surface area contributed by atoms with Gasteiger partial charge in [0.25, 0.3) is 0 Å². The van der Waals surface area contributed by atoms with Crippen LogP contribution >= 0.6 is 11.6 Å². The van der Waals surface area contributed by atoms with Crippen LogP contribution in [-0.4, -0.2) is 37.6 Å². The number of anilines is 1. The molecular weight excluding hydrogens is 253 g/mol. The van der Waals surface area contributed by atoms with Gasteiger partial charge in [0, 0.05) is 31.4 Å². The highest BCUT2D eigenvalue weighted by atomic mass is 35.5. The molecule has 96 valence electrons. The maximum absolute atomic E-state index is 13.1. The van der Waals surface area contributed by atoms with Gasteiger partial charge in [-0.25, -0.2) is 4.39 Å². The van der Waals surface area contributed by atoms with Crippen molar-refractivity contribution >= 4 is 17.3 Å². The van der Waals surface area contributed by atoms with Crippen LogP contribution in [0.2, 0.25) is 5.02 Å². The lowest BCUT2D eigenvalue weighted by Gasteiger charge is -2.39. The standard InChI is InChI=1S/C13H15ClFN3/c1-17-6-7-18(9-11(17)4-5-16)10-2-3-13(15)12(14)8-10/h2-3,8,11H,4,6-7,9H2,1H3. The van der Waals surface area contributed by atoms with Gasteiger partial charge in [0.2, 0.25) is 0 Å². The fourth-order valence-corrected chi connectivity index (χ4v) is 2.36. The average molecular weight is 268 g/mol. The second-order valence-corrected chi connectivity index (χ2v) is 4.95. The van der Waals surface area contributed by atoms with Crippen molar-refractivity contribution in [2.45, 2.75) is 12.5 Å². The summed E-state index contributed by atoms with van der Waals surface area (Å²) in [4.78, 5) is 4.33. The zero-order chi connectivity index (χ0) is 13.1. The van der Waals surface area contributed by atoms with E-state index in [2.05, 4.69) is 15.9 Å². The van der Waals surface area contributed by atoms with E-state index in [0.717, 1.165) is 25.3 Å². The molecular formula is C13H15ClFN3. The van der Waals surface area contributed by atoms with Gasteiger partial charge in [-0.05, 0) is 25.2 Å². The fraction of sp³-hybridized carbons (Fsp3) is 0.462. The molecule has 3 nitrogen and oxygen atoms in total. The van der Waals surface area contributed by atoms with Gasteiger partial charge < -0.3 is 4.90 Å². The van der Waals surface area contributed by atoms with E-state index in [9.17, 15) is 4.39 Å². The molecule has 1 unspecified atom stereocenters. The predicted octanol–water partition coefficient (Wildman–Crippen LogP) is 2.51. The Hall–Kier alpha value is -1.31. The number of hydrogen-bond donors (Lipinski definition) is 0. The number of halogens is 2. The number of piperazine rings is 1. The van der Waals surface area contributed by atoms with Crippen LogP contribution in [0.1, 0.15) is 6.42 Å². The lowest BCUT2D eigenvalue weighted by Crippen LogP contribution is -2.51. The van der Waals surface area contributed by atoms with Crippen LogP contribution in [0.4, 0.5) is 10.1 Å². The highest BCUT2D eigenvalue weighted by molar-refractivity contribution is 6.31. The van der Waals surface area contributed by atoms with Gasteiger partial charge >= 0.3 is 0 Å². The maximum Gasteiger partial charge on any atom is 0.141 e. The van der Waals surface area contributed by atoms with E-state index >= 15 is 0 Å². The van der Waals surface area contributed by atoms with Crippen molar-refractivity contribution in [2.24, 2.45) is 0 Å². The van der Waals surface area contributed by atoms with Crippen LogP contribution < -0.4 is 4.90 Å². The van der Waals surface area contributed by atoms with Crippen molar-refractivity contribution in [1.82, 2.24) is 4.90 Å². The Balaban J connectivity index is 2.14. The summed E-state index contributed by atoms with van der Waals surface area (Å²) >= 11 is 5.79. The van der Waals surface area contributed by atoms with Gasteiger partial charge in [0.1, 0.15) is 5.82 Å². The average Bonchev–Trinajstić information content (AvgIpc) is 2.36. The van der Waals surface area contributed by atoms with E-state index in [1.807, 2.05) is 7.05 Å². The number of nitriles is 1. The lowest BCUT2D eigenvalue weighted by atomic mass is 10.1. The normalized spacial score (nSPS) is 20.8. The monoisotopic (exact) mass is 267 g/mol. The molecule has 1 fully saturated rings. The first-order chi connectivity index (χ1) is 8.61. The number of benzene rings is 1. The van der Waals surface area contributed by atoms with E-state index in [0.29, 0.717) is 6.42 Å². The van der Waals surface area contributed by atoms with Crippen LogP contribution in [0, 0.1) is 17.1 Å². The Kier molecular flexibility index (Phi) is 4.05. The molecule has 1 heterocycles. The van der Waals surface area contributed by atoms with Crippen molar-refractivity contribution in [2.75, 3.05) is 31.6 Å². The van der Waals surface area contributed by atoms with Crippen LogP contribution in [0.3, 0.4) is 0 Å². The fourth-order valence-electron chi connectivity index (χ4n) is 2.19. The van der Waals surface area contributed by atoms with E-state index in [1.165, 1.54) is 6.07 Å². The summed E-state index contributed by atoms with van der Waals surface area (Å²) in [6.45, 7) is 2.52. The molecule has 18 heavy (non-hydrogen) atoms. The van der Waals surface area contributed by atoms with Crippen molar-refractivity contribution in [3.8, 4) is 6.07 Å². The number of rotatable bonds is 2. The Morgan fingerprint density at radius 1 is 1.50 bits per heavy atom. The first-order valence-electron chi connectivity index (χ1n) is 5.89. The van der Waals surface area contributed by atoms with Crippen molar-refractivity contribution in [3.05, 3.63) is 29.0 Å². The molecule has 0 aliphatic carbocycles. The van der Waals surface area contributed by atoms with Crippen LogP contribution in [-0.2, 0) is 0 Å². The minimum Gasteiger partial charge on any atom is -0.369 e. The summed E-state index contributed by atoms with van der Waals surface area (Å²) in [5.74, 6) is -0.400.